The minimum atomic E-state index is -3.56. The number of nitrogens with one attached hydrogen (secondary N) is 1. The molecule has 172 valence electrons. The van der Waals surface area contributed by atoms with E-state index in [1.807, 2.05) is 0 Å². The molecular weight excluding hydrogens is 416 g/mol. The lowest BCUT2D eigenvalue weighted by Gasteiger charge is -2.34. The van der Waals surface area contributed by atoms with Gasteiger partial charge in [-0.3, -0.25) is 4.79 Å². The molecule has 0 unspecified atom stereocenters. The topological polar surface area (TPSA) is 92.8 Å². The number of hydrogen-bond donors (Lipinski definition) is 1. The lowest BCUT2D eigenvalue weighted by Crippen LogP contribution is -2.45. The van der Waals surface area contributed by atoms with E-state index in [2.05, 4.69) is 19.2 Å². The van der Waals surface area contributed by atoms with Gasteiger partial charge in [0.15, 0.2) is 6.61 Å². The van der Waals surface area contributed by atoms with Gasteiger partial charge in [-0.2, -0.15) is 4.31 Å². The summed E-state index contributed by atoms with van der Waals surface area (Å²) in [6.07, 6.45) is 7.02. The third kappa shape index (κ3) is 6.07. The summed E-state index contributed by atoms with van der Waals surface area (Å²) in [7, 11) is -3.56. The van der Waals surface area contributed by atoms with Crippen LogP contribution in [0, 0.1) is 11.8 Å². The normalized spacial score (nSPS) is 25.4. The van der Waals surface area contributed by atoms with Crippen molar-refractivity contribution in [3.63, 3.8) is 0 Å². The Morgan fingerprint density at radius 1 is 1.00 bits per heavy atom. The minimum Gasteiger partial charge on any atom is -0.452 e. The maximum atomic E-state index is 12.8. The number of nitrogens with zero attached hydrogens (tertiary/aromatic N) is 1. The van der Waals surface area contributed by atoms with Crippen molar-refractivity contribution >= 4 is 21.9 Å². The quantitative estimate of drug-likeness (QED) is 0.671. The van der Waals surface area contributed by atoms with Crippen LogP contribution in [0.3, 0.4) is 0 Å². The molecule has 1 aliphatic heterocycles. The van der Waals surface area contributed by atoms with E-state index >= 15 is 0 Å². The second-order valence-electron chi connectivity index (χ2n) is 8.86. The molecule has 1 saturated heterocycles. The predicted octanol–water partition coefficient (Wildman–Crippen LogP) is 3.35. The average Bonchev–Trinajstić information content (AvgIpc) is 3.05. The Hall–Kier alpha value is -1.93. The number of rotatable bonds is 6. The minimum absolute atomic E-state index is 0.110. The SMILES string of the molecule is C[C@H]1[C@H](C)CCC[C@H]1NC(=O)COC(=O)c1ccc(S(=O)(=O)N2CCCCCC2)cc1. The predicted molar refractivity (Wildman–Crippen MR) is 118 cm³/mol. The van der Waals surface area contributed by atoms with Gasteiger partial charge < -0.3 is 10.1 Å². The van der Waals surface area contributed by atoms with Crippen LogP contribution in [-0.2, 0) is 19.6 Å². The van der Waals surface area contributed by atoms with Crippen LogP contribution in [0.5, 0.6) is 0 Å². The van der Waals surface area contributed by atoms with Crippen LogP contribution in [0.25, 0.3) is 0 Å². The Bertz CT molecular complexity index is 860. The van der Waals surface area contributed by atoms with E-state index in [4.69, 9.17) is 4.74 Å². The fourth-order valence-electron chi connectivity index (χ4n) is 4.44. The molecule has 2 fully saturated rings. The zero-order valence-electron chi connectivity index (χ0n) is 18.5. The number of carbonyl (C=O) groups excluding carboxylic acids is 2. The van der Waals surface area contributed by atoms with Crippen molar-refractivity contribution in [2.75, 3.05) is 19.7 Å². The molecule has 7 nitrogen and oxygen atoms in total. The number of ether oxygens (including phenoxy) is 1. The fourth-order valence-corrected chi connectivity index (χ4v) is 5.96. The first-order valence-corrected chi connectivity index (χ1v) is 12.8. The summed E-state index contributed by atoms with van der Waals surface area (Å²) >= 11 is 0. The van der Waals surface area contributed by atoms with E-state index in [-0.39, 0.29) is 29.0 Å². The molecule has 1 aliphatic carbocycles. The highest BCUT2D eigenvalue weighted by molar-refractivity contribution is 7.89. The van der Waals surface area contributed by atoms with E-state index < -0.39 is 16.0 Å². The number of carbonyl (C=O) groups is 2. The van der Waals surface area contributed by atoms with Gasteiger partial charge in [0.1, 0.15) is 0 Å². The Balaban J connectivity index is 1.53. The molecule has 0 aromatic heterocycles. The molecule has 8 heteroatoms. The standard InChI is InChI=1S/C23H34N2O5S/c1-17-8-7-9-21(18(17)2)24-22(26)16-30-23(27)19-10-12-20(13-11-19)31(28,29)25-14-5-3-4-6-15-25/h10-13,17-18,21H,3-9,14-16H2,1-2H3,(H,24,26)/t17-,18+,21-/m1/s1. The Morgan fingerprint density at radius 3 is 2.29 bits per heavy atom. The number of benzene rings is 1. The van der Waals surface area contributed by atoms with E-state index in [1.165, 1.54) is 35.0 Å². The molecule has 1 N–H and O–H groups in total. The molecule has 1 aromatic carbocycles. The van der Waals surface area contributed by atoms with Crippen LogP contribution >= 0.6 is 0 Å². The van der Waals surface area contributed by atoms with Crippen molar-refractivity contribution in [3.8, 4) is 0 Å². The summed E-state index contributed by atoms with van der Waals surface area (Å²) < 4.78 is 32.3. The van der Waals surface area contributed by atoms with Crippen LogP contribution < -0.4 is 5.32 Å². The van der Waals surface area contributed by atoms with Gasteiger partial charge in [-0.1, -0.05) is 39.5 Å². The molecule has 1 amide bonds. The lowest BCUT2D eigenvalue weighted by molar-refractivity contribution is -0.125. The van der Waals surface area contributed by atoms with Crippen LogP contribution in [0.1, 0.15) is 69.2 Å². The first-order valence-electron chi connectivity index (χ1n) is 11.4. The second-order valence-corrected chi connectivity index (χ2v) is 10.8. The summed E-state index contributed by atoms with van der Waals surface area (Å²) in [6.45, 7) is 5.05. The van der Waals surface area contributed by atoms with Crippen LogP contribution in [-0.4, -0.2) is 50.3 Å². The maximum Gasteiger partial charge on any atom is 0.338 e. The Labute approximate surface area is 185 Å². The summed E-state index contributed by atoms with van der Waals surface area (Å²) in [5, 5.41) is 2.98. The van der Waals surface area contributed by atoms with Crippen molar-refractivity contribution in [2.45, 2.75) is 69.7 Å². The molecule has 1 aromatic rings. The van der Waals surface area contributed by atoms with Gasteiger partial charge in [0.25, 0.3) is 5.91 Å². The third-order valence-corrected chi connectivity index (χ3v) is 8.59. The Morgan fingerprint density at radius 2 is 1.65 bits per heavy atom. The molecule has 1 heterocycles. The van der Waals surface area contributed by atoms with Crippen LogP contribution in [0.15, 0.2) is 29.2 Å². The number of amides is 1. The van der Waals surface area contributed by atoms with Gasteiger partial charge in [0.2, 0.25) is 10.0 Å². The molecule has 2 aliphatic rings. The number of hydrogen-bond acceptors (Lipinski definition) is 5. The van der Waals surface area contributed by atoms with Gasteiger partial charge in [-0.15, -0.1) is 0 Å². The van der Waals surface area contributed by atoms with Gasteiger partial charge in [-0.05, 0) is 55.4 Å². The molecule has 3 rings (SSSR count). The first-order chi connectivity index (χ1) is 14.8. The molecule has 0 spiro atoms. The van der Waals surface area contributed by atoms with Crippen molar-refractivity contribution in [2.24, 2.45) is 11.8 Å². The van der Waals surface area contributed by atoms with Crippen molar-refractivity contribution in [1.82, 2.24) is 9.62 Å². The summed E-state index contributed by atoms with van der Waals surface area (Å²) in [6, 6.07) is 5.86. The third-order valence-electron chi connectivity index (χ3n) is 6.68. The van der Waals surface area contributed by atoms with Gasteiger partial charge in [0, 0.05) is 19.1 Å². The van der Waals surface area contributed by atoms with Gasteiger partial charge >= 0.3 is 5.97 Å². The van der Waals surface area contributed by atoms with E-state index in [1.54, 1.807) is 0 Å². The van der Waals surface area contributed by atoms with Crippen LogP contribution in [0.4, 0.5) is 0 Å². The molecule has 1 saturated carbocycles. The highest BCUT2D eigenvalue weighted by Crippen LogP contribution is 2.29. The van der Waals surface area contributed by atoms with E-state index in [9.17, 15) is 18.0 Å². The lowest BCUT2D eigenvalue weighted by atomic mass is 9.78. The van der Waals surface area contributed by atoms with Gasteiger partial charge in [0.05, 0.1) is 10.5 Å². The molecular formula is C23H34N2O5S. The maximum absolute atomic E-state index is 12.8. The summed E-state index contributed by atoms with van der Waals surface area (Å²) in [5.74, 6) is 0.0106. The number of esters is 1. The highest BCUT2D eigenvalue weighted by Gasteiger charge is 2.28. The summed E-state index contributed by atoms with van der Waals surface area (Å²) in [4.78, 5) is 24.7. The van der Waals surface area contributed by atoms with Crippen molar-refractivity contribution < 1.29 is 22.7 Å². The molecule has 31 heavy (non-hydrogen) atoms. The zero-order valence-corrected chi connectivity index (χ0v) is 19.3. The van der Waals surface area contributed by atoms with Crippen LogP contribution in [0.2, 0.25) is 0 Å². The highest BCUT2D eigenvalue weighted by atomic mass is 32.2. The summed E-state index contributed by atoms with van der Waals surface area (Å²) in [5.41, 5.74) is 0.224. The Kier molecular flexibility index (Phi) is 8.11. The molecule has 3 atom stereocenters. The van der Waals surface area contributed by atoms with Gasteiger partial charge in [-0.25, -0.2) is 13.2 Å². The molecule has 0 bridgehead atoms. The largest absolute Gasteiger partial charge is 0.452 e. The molecule has 0 radical (unpaired) electrons. The van der Waals surface area contributed by atoms with E-state index in [0.717, 1.165) is 38.5 Å². The van der Waals surface area contributed by atoms with E-state index in [0.29, 0.717) is 24.9 Å². The average molecular weight is 451 g/mol. The first kappa shape index (κ1) is 23.7. The second kappa shape index (κ2) is 10.6. The number of sulfonamides is 1. The van der Waals surface area contributed by atoms with Crippen molar-refractivity contribution in [3.05, 3.63) is 29.8 Å². The zero-order chi connectivity index (χ0) is 22.4. The monoisotopic (exact) mass is 450 g/mol. The fraction of sp³-hybridized carbons (Fsp3) is 0.652. The smallest absolute Gasteiger partial charge is 0.338 e. The van der Waals surface area contributed by atoms with Crippen molar-refractivity contribution in [1.29, 1.82) is 0 Å².